The molecule has 37 heavy (non-hydrogen) atoms. The quantitative estimate of drug-likeness (QED) is 0.290. The Kier molecular flexibility index (Phi) is 9.64. The number of carboxylic acid groups (broad SMARTS) is 1. The molecule has 1 aliphatic rings. The molecular weight excluding hydrogens is 514 g/mol. The maximum Gasteiger partial charge on any atom is 0.303 e. The highest BCUT2D eigenvalue weighted by Gasteiger charge is 2.32. The number of aliphatic hydroxyl groups excluding tert-OH is 1. The molecule has 1 fully saturated rings. The fourth-order valence-electron chi connectivity index (χ4n) is 3.87. The van der Waals surface area contributed by atoms with E-state index in [4.69, 9.17) is 14.6 Å². The number of nitrogens with one attached hydrogen (secondary N) is 1. The van der Waals surface area contributed by atoms with Gasteiger partial charge in [-0.05, 0) is 36.6 Å². The zero-order valence-corrected chi connectivity index (χ0v) is 22.0. The molecule has 3 N–H and O–H groups in total. The number of aromatic nitrogens is 2. The SMILES string of the molecule is Cc1nnc(SC[C@H]2C[C@@H](c3ccc(CO)cc3)O[C@@H](c3ccc(NC(=O)CCCC(=O)O)cc3)O2)s1. The van der Waals surface area contributed by atoms with Gasteiger partial charge in [0.1, 0.15) is 5.01 Å². The van der Waals surface area contributed by atoms with E-state index >= 15 is 0 Å². The maximum absolute atomic E-state index is 12.1. The normalized spacial score (nSPS) is 19.5. The van der Waals surface area contributed by atoms with Gasteiger partial charge in [0.05, 0.1) is 18.8 Å². The zero-order chi connectivity index (χ0) is 26.2. The molecule has 0 bridgehead atoms. The summed E-state index contributed by atoms with van der Waals surface area (Å²) in [5, 5.41) is 30.1. The number of nitrogens with zero attached hydrogens (tertiary/aromatic N) is 2. The average Bonchev–Trinajstić information content (AvgIpc) is 3.32. The smallest absolute Gasteiger partial charge is 0.303 e. The van der Waals surface area contributed by atoms with E-state index in [2.05, 4.69) is 15.5 Å². The van der Waals surface area contributed by atoms with Crippen LogP contribution in [0.1, 0.15) is 59.8 Å². The number of rotatable bonds is 11. The topological polar surface area (TPSA) is 131 Å². The first-order valence-electron chi connectivity index (χ1n) is 11.9. The van der Waals surface area contributed by atoms with Gasteiger partial charge in [0.2, 0.25) is 5.91 Å². The molecule has 1 aromatic heterocycles. The molecule has 0 unspecified atom stereocenters. The number of hydrogen-bond donors (Lipinski definition) is 3. The van der Waals surface area contributed by atoms with Crippen molar-refractivity contribution in [3.63, 3.8) is 0 Å². The summed E-state index contributed by atoms with van der Waals surface area (Å²) in [6.45, 7) is 1.91. The van der Waals surface area contributed by atoms with E-state index in [-0.39, 0.29) is 37.6 Å². The summed E-state index contributed by atoms with van der Waals surface area (Å²) >= 11 is 3.17. The molecule has 2 aromatic carbocycles. The highest BCUT2D eigenvalue weighted by atomic mass is 32.2. The van der Waals surface area contributed by atoms with Crippen molar-refractivity contribution in [2.75, 3.05) is 11.1 Å². The summed E-state index contributed by atoms with van der Waals surface area (Å²) in [5.41, 5.74) is 3.29. The van der Waals surface area contributed by atoms with Crippen LogP contribution < -0.4 is 5.32 Å². The molecule has 196 valence electrons. The number of ether oxygens (including phenoxy) is 2. The van der Waals surface area contributed by atoms with Crippen LogP contribution in [0.3, 0.4) is 0 Å². The van der Waals surface area contributed by atoms with Gasteiger partial charge in [-0.25, -0.2) is 0 Å². The van der Waals surface area contributed by atoms with Crippen molar-refractivity contribution in [3.05, 3.63) is 70.2 Å². The van der Waals surface area contributed by atoms with Crippen molar-refractivity contribution >= 4 is 40.7 Å². The standard InChI is InChI=1S/C26H29N3O6S2/c1-16-28-29-26(37-16)36-15-21-13-22(18-7-5-17(14-30)6-8-18)35-25(34-21)19-9-11-20(12-10-19)27-23(31)3-2-4-24(32)33/h5-12,21-22,25,30H,2-4,13-15H2,1H3,(H,27,31)(H,32,33)/t21-,22+,25+/m1/s1. The minimum absolute atomic E-state index is 0.0134. The fraction of sp³-hybridized carbons (Fsp3) is 0.385. The van der Waals surface area contributed by atoms with E-state index in [9.17, 15) is 14.7 Å². The summed E-state index contributed by atoms with van der Waals surface area (Å²) in [4.78, 5) is 22.7. The monoisotopic (exact) mass is 543 g/mol. The van der Waals surface area contributed by atoms with Gasteiger partial charge in [0.25, 0.3) is 0 Å². The largest absolute Gasteiger partial charge is 0.481 e. The molecule has 2 heterocycles. The second-order valence-corrected chi connectivity index (χ2v) is 11.1. The maximum atomic E-state index is 12.1. The van der Waals surface area contributed by atoms with Gasteiger partial charge in [-0.15, -0.1) is 10.2 Å². The Labute approximate surface area is 223 Å². The molecule has 3 atom stereocenters. The van der Waals surface area contributed by atoms with Gasteiger partial charge in [-0.3, -0.25) is 9.59 Å². The average molecular weight is 544 g/mol. The summed E-state index contributed by atoms with van der Waals surface area (Å²) < 4.78 is 13.6. The lowest BCUT2D eigenvalue weighted by Crippen LogP contribution is -2.31. The number of carbonyl (C=O) groups is 2. The second kappa shape index (κ2) is 13.1. The molecule has 3 aromatic rings. The minimum Gasteiger partial charge on any atom is -0.481 e. The second-order valence-electron chi connectivity index (χ2n) is 8.67. The summed E-state index contributed by atoms with van der Waals surface area (Å²) in [6, 6.07) is 15.0. The molecule has 0 saturated carbocycles. The van der Waals surface area contributed by atoms with Crippen molar-refractivity contribution in [2.45, 2.75) is 62.1 Å². The molecule has 1 amide bonds. The summed E-state index contributed by atoms with van der Waals surface area (Å²) in [7, 11) is 0. The van der Waals surface area contributed by atoms with Gasteiger partial charge in [0, 0.05) is 36.3 Å². The highest BCUT2D eigenvalue weighted by molar-refractivity contribution is 8.01. The van der Waals surface area contributed by atoms with Crippen LogP contribution in [-0.2, 0) is 25.7 Å². The van der Waals surface area contributed by atoms with Crippen LogP contribution in [0.4, 0.5) is 5.69 Å². The number of thioether (sulfide) groups is 1. The molecule has 11 heteroatoms. The molecular formula is C26H29N3O6S2. The summed E-state index contributed by atoms with van der Waals surface area (Å²) in [5.74, 6) is -0.443. The molecule has 1 saturated heterocycles. The Hall–Kier alpha value is -2.83. The third-order valence-electron chi connectivity index (χ3n) is 5.78. The van der Waals surface area contributed by atoms with Crippen LogP contribution in [0.2, 0.25) is 0 Å². The first-order chi connectivity index (χ1) is 17.9. The highest BCUT2D eigenvalue weighted by Crippen LogP contribution is 2.39. The van der Waals surface area contributed by atoms with Crippen LogP contribution in [-0.4, -0.2) is 44.1 Å². The van der Waals surface area contributed by atoms with E-state index in [0.717, 1.165) is 26.0 Å². The van der Waals surface area contributed by atoms with Gasteiger partial charge in [0.15, 0.2) is 10.6 Å². The van der Waals surface area contributed by atoms with E-state index in [1.165, 1.54) is 0 Å². The van der Waals surface area contributed by atoms with Gasteiger partial charge in [-0.2, -0.15) is 0 Å². The van der Waals surface area contributed by atoms with Crippen LogP contribution >= 0.6 is 23.1 Å². The lowest BCUT2D eigenvalue weighted by Gasteiger charge is -2.36. The number of aryl methyl sites for hydroxylation is 1. The van der Waals surface area contributed by atoms with Crippen molar-refractivity contribution in [1.82, 2.24) is 10.2 Å². The van der Waals surface area contributed by atoms with E-state index in [1.807, 2.05) is 43.3 Å². The van der Waals surface area contributed by atoms with Crippen LogP contribution in [0.25, 0.3) is 0 Å². The van der Waals surface area contributed by atoms with Crippen molar-refractivity contribution in [2.24, 2.45) is 0 Å². The lowest BCUT2D eigenvalue weighted by molar-refractivity contribution is -0.245. The zero-order valence-electron chi connectivity index (χ0n) is 20.3. The number of anilines is 1. The number of benzene rings is 2. The Morgan fingerprint density at radius 3 is 2.43 bits per heavy atom. The first-order valence-corrected chi connectivity index (χ1v) is 13.7. The minimum atomic E-state index is -0.914. The summed E-state index contributed by atoms with van der Waals surface area (Å²) in [6.07, 6.45) is 0.186. The van der Waals surface area contributed by atoms with Crippen molar-refractivity contribution < 1.29 is 29.3 Å². The van der Waals surface area contributed by atoms with Gasteiger partial charge < -0.3 is 25.0 Å². The predicted octanol–water partition coefficient (Wildman–Crippen LogP) is 4.87. The first kappa shape index (κ1) is 27.2. The number of aliphatic carboxylic acids is 1. The number of carbonyl (C=O) groups excluding carboxylic acids is 1. The Balaban J connectivity index is 1.43. The van der Waals surface area contributed by atoms with Crippen LogP contribution in [0.5, 0.6) is 0 Å². The van der Waals surface area contributed by atoms with E-state index in [0.29, 0.717) is 24.3 Å². The number of hydrogen-bond acceptors (Lipinski definition) is 9. The fourth-order valence-corrected chi connectivity index (χ4v) is 5.73. The molecule has 9 nitrogen and oxygen atoms in total. The Morgan fingerprint density at radius 2 is 1.78 bits per heavy atom. The molecule has 0 spiro atoms. The van der Waals surface area contributed by atoms with Crippen molar-refractivity contribution in [1.29, 1.82) is 0 Å². The number of carboxylic acids is 1. The van der Waals surface area contributed by atoms with Gasteiger partial charge >= 0.3 is 5.97 Å². The van der Waals surface area contributed by atoms with E-state index in [1.54, 1.807) is 35.2 Å². The van der Waals surface area contributed by atoms with Gasteiger partial charge in [-0.1, -0.05) is 59.5 Å². The Morgan fingerprint density at radius 1 is 1.05 bits per heavy atom. The molecule has 0 aliphatic carbocycles. The molecule has 0 radical (unpaired) electrons. The molecule has 1 aliphatic heterocycles. The third kappa shape index (κ3) is 8.08. The van der Waals surface area contributed by atoms with Crippen LogP contribution in [0, 0.1) is 6.92 Å². The predicted molar refractivity (Wildman–Crippen MR) is 140 cm³/mol. The number of aliphatic hydroxyl groups is 1. The lowest BCUT2D eigenvalue weighted by atomic mass is 10.0. The van der Waals surface area contributed by atoms with Crippen LogP contribution in [0.15, 0.2) is 52.9 Å². The Bertz CT molecular complexity index is 1190. The van der Waals surface area contributed by atoms with E-state index < -0.39 is 12.3 Å². The third-order valence-corrected chi connectivity index (χ3v) is 7.88. The van der Waals surface area contributed by atoms with Crippen molar-refractivity contribution in [3.8, 4) is 0 Å². The molecule has 4 rings (SSSR count). The number of amides is 1.